The molecule has 0 heterocycles. The zero-order chi connectivity index (χ0) is 16.8. The van der Waals surface area contributed by atoms with Crippen LogP contribution in [-0.2, 0) is 0 Å². The van der Waals surface area contributed by atoms with E-state index in [1.165, 1.54) is 24.3 Å². The van der Waals surface area contributed by atoms with Gasteiger partial charge in [-0.2, -0.15) is 0 Å². The van der Waals surface area contributed by atoms with Gasteiger partial charge in [-0.25, -0.2) is 8.78 Å². The fourth-order valence-corrected chi connectivity index (χ4v) is 1.87. The van der Waals surface area contributed by atoms with Gasteiger partial charge >= 0.3 is 0 Å². The summed E-state index contributed by atoms with van der Waals surface area (Å²) in [5.74, 6) is -2.86. The lowest BCUT2D eigenvalue weighted by molar-refractivity contribution is 0.0925. The molecule has 0 aromatic heterocycles. The number of phenolic OH excluding ortho intramolecular Hbond substituents is 1. The second-order valence-electron chi connectivity index (χ2n) is 4.69. The molecule has 0 fully saturated rings. The Balaban J connectivity index is 1.81. The van der Waals surface area contributed by atoms with Gasteiger partial charge < -0.3 is 15.7 Å². The maximum Gasteiger partial charge on any atom is 0.254 e. The Morgan fingerprint density at radius 1 is 0.957 bits per heavy atom. The van der Waals surface area contributed by atoms with Gasteiger partial charge in [0.25, 0.3) is 11.8 Å². The largest absolute Gasteiger partial charge is 0.508 e. The van der Waals surface area contributed by atoms with Gasteiger partial charge in [0, 0.05) is 24.7 Å². The van der Waals surface area contributed by atoms with Crippen molar-refractivity contribution < 1.29 is 23.5 Å². The molecule has 0 atom stereocenters. The van der Waals surface area contributed by atoms with Gasteiger partial charge in [0.1, 0.15) is 17.4 Å². The van der Waals surface area contributed by atoms with Crippen LogP contribution in [0.5, 0.6) is 5.75 Å². The number of amides is 2. The quantitative estimate of drug-likeness (QED) is 0.736. The van der Waals surface area contributed by atoms with Crippen LogP contribution in [0.4, 0.5) is 8.78 Å². The summed E-state index contributed by atoms with van der Waals surface area (Å²) in [6, 6.07) is 8.46. The van der Waals surface area contributed by atoms with Crippen LogP contribution >= 0.6 is 0 Å². The lowest BCUT2D eigenvalue weighted by Gasteiger charge is -2.08. The van der Waals surface area contributed by atoms with E-state index in [9.17, 15) is 23.5 Å². The molecule has 120 valence electrons. The molecule has 0 radical (unpaired) electrons. The second kappa shape index (κ2) is 7.35. The summed E-state index contributed by atoms with van der Waals surface area (Å²) < 4.78 is 26.2. The first-order valence-electron chi connectivity index (χ1n) is 6.78. The van der Waals surface area contributed by atoms with Crippen LogP contribution in [0.25, 0.3) is 0 Å². The molecule has 0 saturated heterocycles. The van der Waals surface area contributed by atoms with Crippen LogP contribution in [0.3, 0.4) is 0 Å². The first kappa shape index (κ1) is 16.4. The summed E-state index contributed by atoms with van der Waals surface area (Å²) in [5, 5.41) is 14.2. The lowest BCUT2D eigenvalue weighted by Crippen LogP contribution is -2.35. The van der Waals surface area contributed by atoms with Crippen molar-refractivity contribution in [1.82, 2.24) is 10.6 Å². The van der Waals surface area contributed by atoms with Crippen LogP contribution < -0.4 is 10.6 Å². The molecule has 0 unspecified atom stereocenters. The number of aromatic hydroxyl groups is 1. The highest BCUT2D eigenvalue weighted by molar-refractivity contribution is 5.95. The third kappa shape index (κ3) is 4.50. The highest BCUT2D eigenvalue weighted by Gasteiger charge is 2.12. The predicted molar refractivity (Wildman–Crippen MR) is 79.1 cm³/mol. The molecule has 0 saturated carbocycles. The number of hydrogen-bond acceptors (Lipinski definition) is 3. The standard InChI is InChI=1S/C16H14F2N2O3/c17-11-4-5-13(14(18)9-11)16(23)20-7-6-19-15(22)10-2-1-3-12(21)8-10/h1-5,8-9,21H,6-7H2,(H,19,22)(H,20,23). The smallest absolute Gasteiger partial charge is 0.254 e. The van der Waals surface area contributed by atoms with E-state index in [4.69, 9.17) is 0 Å². The minimum Gasteiger partial charge on any atom is -0.508 e. The molecule has 0 aliphatic carbocycles. The third-order valence-electron chi connectivity index (χ3n) is 2.98. The van der Waals surface area contributed by atoms with E-state index < -0.39 is 23.4 Å². The van der Waals surface area contributed by atoms with Gasteiger partial charge in [-0.1, -0.05) is 6.07 Å². The van der Waals surface area contributed by atoms with Crippen molar-refractivity contribution in [2.45, 2.75) is 0 Å². The molecule has 5 nitrogen and oxygen atoms in total. The molecule has 2 aromatic carbocycles. The number of carbonyl (C=O) groups excluding carboxylic acids is 2. The van der Waals surface area contributed by atoms with Crippen molar-refractivity contribution >= 4 is 11.8 Å². The van der Waals surface area contributed by atoms with E-state index in [0.717, 1.165) is 12.1 Å². The predicted octanol–water partition coefficient (Wildman–Crippen LogP) is 1.83. The van der Waals surface area contributed by atoms with E-state index in [0.29, 0.717) is 6.07 Å². The highest BCUT2D eigenvalue weighted by Crippen LogP contribution is 2.10. The number of rotatable bonds is 5. The van der Waals surface area contributed by atoms with Gasteiger partial charge in [-0.15, -0.1) is 0 Å². The number of halogens is 2. The highest BCUT2D eigenvalue weighted by atomic mass is 19.1. The number of hydrogen-bond donors (Lipinski definition) is 3. The average molecular weight is 320 g/mol. The van der Waals surface area contributed by atoms with E-state index in [2.05, 4.69) is 10.6 Å². The molecule has 0 aliphatic rings. The van der Waals surface area contributed by atoms with Crippen LogP contribution in [0.1, 0.15) is 20.7 Å². The van der Waals surface area contributed by atoms with Crippen molar-refractivity contribution in [2.24, 2.45) is 0 Å². The monoisotopic (exact) mass is 320 g/mol. The van der Waals surface area contributed by atoms with Gasteiger partial charge in [0.2, 0.25) is 0 Å². The van der Waals surface area contributed by atoms with Crippen LogP contribution in [0, 0.1) is 11.6 Å². The van der Waals surface area contributed by atoms with Gasteiger partial charge in [0.05, 0.1) is 5.56 Å². The van der Waals surface area contributed by atoms with Gasteiger partial charge in [0.15, 0.2) is 0 Å². The lowest BCUT2D eigenvalue weighted by atomic mass is 10.2. The number of phenols is 1. The van der Waals surface area contributed by atoms with E-state index in [-0.39, 0.29) is 30.0 Å². The summed E-state index contributed by atoms with van der Waals surface area (Å²) in [5.41, 5.74) is 0.00612. The first-order chi connectivity index (χ1) is 11.0. The normalized spacial score (nSPS) is 10.2. The molecule has 0 bridgehead atoms. The second-order valence-corrected chi connectivity index (χ2v) is 4.69. The topological polar surface area (TPSA) is 78.4 Å². The summed E-state index contributed by atoms with van der Waals surface area (Å²) in [4.78, 5) is 23.5. The first-order valence-corrected chi connectivity index (χ1v) is 6.78. The Hall–Kier alpha value is -2.96. The summed E-state index contributed by atoms with van der Waals surface area (Å²) in [6.07, 6.45) is 0. The average Bonchev–Trinajstić information content (AvgIpc) is 2.51. The minimum absolute atomic E-state index is 0.0299. The zero-order valence-corrected chi connectivity index (χ0v) is 12.0. The zero-order valence-electron chi connectivity index (χ0n) is 12.0. The number of nitrogens with one attached hydrogen (secondary N) is 2. The fraction of sp³-hybridized carbons (Fsp3) is 0.125. The molecule has 0 spiro atoms. The van der Waals surface area contributed by atoms with Crippen LogP contribution in [0.2, 0.25) is 0 Å². The minimum atomic E-state index is -0.953. The van der Waals surface area contributed by atoms with E-state index in [1.54, 1.807) is 0 Å². The van der Waals surface area contributed by atoms with Crippen molar-refractivity contribution in [3.63, 3.8) is 0 Å². The Morgan fingerprint density at radius 3 is 2.30 bits per heavy atom. The molecule has 23 heavy (non-hydrogen) atoms. The Kier molecular flexibility index (Phi) is 5.24. The fourth-order valence-electron chi connectivity index (χ4n) is 1.87. The molecule has 0 aliphatic heterocycles. The Morgan fingerprint density at radius 2 is 1.65 bits per heavy atom. The van der Waals surface area contributed by atoms with E-state index in [1.807, 2.05) is 0 Å². The van der Waals surface area contributed by atoms with Gasteiger partial charge in [-0.05, 0) is 30.3 Å². The number of benzene rings is 2. The Labute approximate surface area is 130 Å². The molecule has 3 N–H and O–H groups in total. The summed E-state index contributed by atoms with van der Waals surface area (Å²) in [6.45, 7) is 0.184. The van der Waals surface area contributed by atoms with Crippen LogP contribution in [0.15, 0.2) is 42.5 Å². The van der Waals surface area contributed by atoms with Crippen molar-refractivity contribution in [3.05, 3.63) is 65.2 Å². The molecule has 2 rings (SSSR count). The van der Waals surface area contributed by atoms with Gasteiger partial charge in [-0.3, -0.25) is 9.59 Å². The van der Waals surface area contributed by atoms with Crippen molar-refractivity contribution in [1.29, 1.82) is 0 Å². The maximum atomic E-state index is 13.4. The number of carbonyl (C=O) groups is 2. The molecule has 2 amide bonds. The molecular weight excluding hydrogens is 306 g/mol. The summed E-state index contributed by atoms with van der Waals surface area (Å²) >= 11 is 0. The molecule has 2 aromatic rings. The Bertz CT molecular complexity index is 735. The molecule has 7 heteroatoms. The third-order valence-corrected chi connectivity index (χ3v) is 2.98. The summed E-state index contributed by atoms with van der Waals surface area (Å²) in [7, 11) is 0. The van der Waals surface area contributed by atoms with E-state index >= 15 is 0 Å². The van der Waals surface area contributed by atoms with Crippen molar-refractivity contribution in [3.8, 4) is 5.75 Å². The van der Waals surface area contributed by atoms with Crippen molar-refractivity contribution in [2.75, 3.05) is 13.1 Å². The SMILES string of the molecule is O=C(NCCNC(=O)c1ccc(F)cc1F)c1cccc(O)c1. The maximum absolute atomic E-state index is 13.4. The van der Waals surface area contributed by atoms with Crippen LogP contribution in [-0.4, -0.2) is 30.0 Å². The molecular formula is C16H14F2N2O3.